The fourth-order valence-corrected chi connectivity index (χ4v) is 6.26. The maximum Gasteiger partial charge on any atom is 0.573 e. The summed E-state index contributed by atoms with van der Waals surface area (Å²) < 4.78 is 48.9. The minimum Gasteiger partial charge on any atom is -0.406 e. The van der Waals surface area contributed by atoms with Crippen LogP contribution in [0.15, 0.2) is 24.3 Å². The molecule has 0 amide bonds. The van der Waals surface area contributed by atoms with Gasteiger partial charge in [0.25, 0.3) is 0 Å². The molecule has 2 aliphatic carbocycles. The number of alkyl halides is 3. The summed E-state index contributed by atoms with van der Waals surface area (Å²) >= 11 is 0. The maximum absolute atomic E-state index is 12.7. The Labute approximate surface area is 198 Å². The Morgan fingerprint density at radius 2 is 1.74 bits per heavy atom. The van der Waals surface area contributed by atoms with Crippen molar-refractivity contribution < 1.29 is 27.8 Å². The summed E-state index contributed by atoms with van der Waals surface area (Å²) in [7, 11) is 0. The van der Waals surface area contributed by atoms with Crippen molar-refractivity contribution >= 4 is 0 Å². The van der Waals surface area contributed by atoms with E-state index in [1.165, 1.54) is 12.1 Å². The molecule has 2 aromatic rings. The van der Waals surface area contributed by atoms with Gasteiger partial charge in [-0.05, 0) is 60.3 Å². The van der Waals surface area contributed by atoms with Gasteiger partial charge in [-0.2, -0.15) is 0 Å². The van der Waals surface area contributed by atoms with Gasteiger partial charge in [0, 0.05) is 22.5 Å². The zero-order valence-corrected chi connectivity index (χ0v) is 20.1. The van der Waals surface area contributed by atoms with Crippen LogP contribution in [-0.4, -0.2) is 16.5 Å². The van der Waals surface area contributed by atoms with Crippen molar-refractivity contribution in [2.24, 2.45) is 5.41 Å². The van der Waals surface area contributed by atoms with Crippen LogP contribution in [0.25, 0.3) is 0 Å². The first-order chi connectivity index (χ1) is 15.9. The highest BCUT2D eigenvalue weighted by molar-refractivity contribution is 5.54. The third-order valence-electron chi connectivity index (χ3n) is 7.54. The molecule has 1 N–H and O–H groups in total. The average molecular weight is 476 g/mol. The normalized spacial score (nSPS) is 25.0. The first-order valence-corrected chi connectivity index (χ1v) is 12.2. The van der Waals surface area contributed by atoms with Crippen LogP contribution in [0.1, 0.15) is 112 Å². The number of aromatic nitrogens is 1. The van der Waals surface area contributed by atoms with Crippen molar-refractivity contribution in [2.45, 2.75) is 96.3 Å². The topological polar surface area (TPSA) is 51.6 Å². The zero-order chi connectivity index (χ0) is 24.5. The number of aliphatic hydroxyl groups is 1. The molecule has 4 nitrogen and oxygen atoms in total. The molecule has 0 bridgehead atoms. The molecule has 2 atom stereocenters. The number of hydrogen-bond donors (Lipinski definition) is 1. The van der Waals surface area contributed by atoms with Gasteiger partial charge in [-0.15, -0.1) is 13.2 Å². The lowest BCUT2D eigenvalue weighted by molar-refractivity contribution is -0.274. The van der Waals surface area contributed by atoms with Crippen molar-refractivity contribution in [1.82, 2.24) is 4.98 Å². The molecule has 1 spiro atoms. The van der Waals surface area contributed by atoms with Gasteiger partial charge in [0.15, 0.2) is 0 Å². The Hall–Kier alpha value is -2.12. The number of rotatable bonds is 3. The molecule has 0 saturated heterocycles. The highest BCUT2D eigenvalue weighted by Gasteiger charge is 2.52. The number of benzene rings is 1. The van der Waals surface area contributed by atoms with Crippen LogP contribution < -0.4 is 4.74 Å². The van der Waals surface area contributed by atoms with E-state index >= 15 is 0 Å². The molecule has 3 aliphatic rings. The van der Waals surface area contributed by atoms with Gasteiger partial charge in [-0.25, -0.2) is 0 Å². The summed E-state index contributed by atoms with van der Waals surface area (Å²) in [5.74, 6) is -0.118. The predicted octanol–water partition coefficient (Wildman–Crippen LogP) is 7.00. The van der Waals surface area contributed by atoms with Crippen molar-refractivity contribution in [3.05, 3.63) is 57.9 Å². The number of pyridine rings is 1. The molecule has 5 rings (SSSR count). The smallest absolute Gasteiger partial charge is 0.406 e. The first kappa shape index (κ1) is 23.6. The van der Waals surface area contributed by atoms with Gasteiger partial charge in [-0.1, -0.05) is 52.7 Å². The fourth-order valence-electron chi connectivity index (χ4n) is 6.26. The van der Waals surface area contributed by atoms with Crippen molar-refractivity contribution in [1.29, 1.82) is 0 Å². The first-order valence-electron chi connectivity index (χ1n) is 12.2. The Morgan fingerprint density at radius 3 is 2.32 bits per heavy atom. The third-order valence-corrected chi connectivity index (χ3v) is 7.54. The summed E-state index contributed by atoms with van der Waals surface area (Å²) in [6, 6.07) is 5.96. The van der Waals surface area contributed by atoms with Crippen molar-refractivity contribution in [3.8, 4) is 5.75 Å². The summed E-state index contributed by atoms with van der Waals surface area (Å²) in [6.07, 6.45) is -0.486. The van der Waals surface area contributed by atoms with Crippen LogP contribution in [0.5, 0.6) is 5.75 Å². The second-order valence-corrected chi connectivity index (χ2v) is 11.2. The average Bonchev–Trinajstić information content (AvgIpc) is 3.31. The van der Waals surface area contributed by atoms with Gasteiger partial charge in [0.1, 0.15) is 11.9 Å². The number of nitrogens with zero attached hydrogens (tertiary/aromatic N) is 1. The Morgan fingerprint density at radius 1 is 1.09 bits per heavy atom. The van der Waals surface area contributed by atoms with E-state index in [4.69, 9.17) is 9.72 Å². The summed E-state index contributed by atoms with van der Waals surface area (Å²) in [5.41, 5.74) is 5.20. The second-order valence-electron chi connectivity index (χ2n) is 11.2. The van der Waals surface area contributed by atoms with E-state index in [0.29, 0.717) is 6.42 Å². The van der Waals surface area contributed by atoms with E-state index in [2.05, 4.69) is 32.4 Å². The van der Waals surface area contributed by atoms with Crippen molar-refractivity contribution in [3.63, 3.8) is 0 Å². The number of ether oxygens (including phenoxy) is 2. The zero-order valence-electron chi connectivity index (χ0n) is 20.1. The SMILES string of the molecule is CC(C)c1nc2c(c3c1[C@@H](c1ccc(OC(F)(F)F)cc1)OC31CCCC1)C(O)CC(C)(C)C2. The number of hydrogen-bond acceptors (Lipinski definition) is 4. The largest absolute Gasteiger partial charge is 0.573 e. The lowest BCUT2D eigenvalue weighted by Crippen LogP contribution is -2.32. The maximum atomic E-state index is 12.7. The Balaban J connectivity index is 1.68. The third kappa shape index (κ3) is 4.01. The summed E-state index contributed by atoms with van der Waals surface area (Å²) in [4.78, 5) is 5.11. The van der Waals surface area contributed by atoms with Crippen LogP contribution in [0.2, 0.25) is 0 Å². The van der Waals surface area contributed by atoms with Gasteiger partial charge < -0.3 is 14.6 Å². The van der Waals surface area contributed by atoms with E-state index in [0.717, 1.165) is 65.7 Å². The van der Waals surface area contributed by atoms with E-state index in [1.807, 2.05) is 0 Å². The van der Waals surface area contributed by atoms with Crippen LogP contribution in [0.4, 0.5) is 13.2 Å². The molecule has 34 heavy (non-hydrogen) atoms. The van der Waals surface area contributed by atoms with Crippen LogP contribution in [-0.2, 0) is 16.8 Å². The minimum atomic E-state index is -4.73. The van der Waals surface area contributed by atoms with Gasteiger partial charge in [-0.3, -0.25) is 4.98 Å². The molecule has 1 aromatic carbocycles. The molecule has 1 aliphatic heterocycles. The molecule has 1 unspecified atom stereocenters. The molecular weight excluding hydrogens is 443 g/mol. The fraction of sp³-hybridized carbons (Fsp3) is 0.593. The Kier molecular flexibility index (Phi) is 5.52. The van der Waals surface area contributed by atoms with Gasteiger partial charge in [0.2, 0.25) is 0 Å². The van der Waals surface area contributed by atoms with Crippen molar-refractivity contribution in [2.75, 3.05) is 0 Å². The summed E-state index contributed by atoms with van der Waals surface area (Å²) in [6.45, 7) is 8.55. The van der Waals surface area contributed by atoms with E-state index in [9.17, 15) is 18.3 Å². The molecule has 0 radical (unpaired) electrons. The number of halogens is 3. The molecule has 1 saturated carbocycles. The minimum absolute atomic E-state index is 0.0437. The van der Waals surface area contributed by atoms with Crippen LogP contribution >= 0.6 is 0 Å². The molecule has 1 aromatic heterocycles. The van der Waals surface area contributed by atoms with Crippen LogP contribution in [0.3, 0.4) is 0 Å². The number of aliphatic hydroxyl groups excluding tert-OH is 1. The lowest BCUT2D eigenvalue weighted by Gasteiger charge is -2.38. The predicted molar refractivity (Wildman–Crippen MR) is 122 cm³/mol. The molecule has 7 heteroatoms. The van der Waals surface area contributed by atoms with E-state index in [-0.39, 0.29) is 17.1 Å². The van der Waals surface area contributed by atoms with Gasteiger partial charge in [0.05, 0.1) is 11.7 Å². The second kappa shape index (κ2) is 7.95. The van der Waals surface area contributed by atoms with E-state index in [1.54, 1.807) is 12.1 Å². The highest BCUT2D eigenvalue weighted by atomic mass is 19.4. The highest BCUT2D eigenvalue weighted by Crippen LogP contribution is 2.59. The standard InChI is InChI=1S/C27H32F3NO3/c1-15(2)23-21-22(20-18(31-23)13-25(3,4)14-19(20)32)26(11-5-6-12-26)34-24(21)16-7-9-17(10-8-16)33-27(28,29)30/h7-10,15,19,24,32H,5-6,11-14H2,1-4H3/t19?,24-/m1/s1. The lowest BCUT2D eigenvalue weighted by atomic mass is 9.70. The number of fused-ring (bicyclic) bond motifs is 4. The molecule has 1 fully saturated rings. The van der Waals surface area contributed by atoms with Crippen LogP contribution in [0, 0.1) is 5.41 Å². The van der Waals surface area contributed by atoms with Gasteiger partial charge >= 0.3 is 6.36 Å². The monoisotopic (exact) mass is 475 g/mol. The molecule has 184 valence electrons. The Bertz CT molecular complexity index is 1090. The van der Waals surface area contributed by atoms with E-state index < -0.39 is 24.2 Å². The summed E-state index contributed by atoms with van der Waals surface area (Å²) in [5, 5.41) is 11.3. The molecule has 2 heterocycles. The quantitative estimate of drug-likeness (QED) is 0.519. The molecular formula is C27H32F3NO3.